The molecule has 1 N–H and O–H groups in total. The van der Waals surface area contributed by atoms with Crippen LogP contribution in [0.15, 0.2) is 29.6 Å². The Kier molecular flexibility index (Phi) is 5.03. The van der Waals surface area contributed by atoms with Gasteiger partial charge in [-0.25, -0.2) is 4.98 Å². The van der Waals surface area contributed by atoms with Crippen LogP contribution < -0.4 is 5.32 Å². The van der Waals surface area contributed by atoms with Crippen molar-refractivity contribution in [3.8, 4) is 10.6 Å². The molecule has 0 saturated carbocycles. The molecule has 2 saturated heterocycles. The summed E-state index contributed by atoms with van der Waals surface area (Å²) in [6.45, 7) is 5.83. The van der Waals surface area contributed by atoms with E-state index in [4.69, 9.17) is 11.6 Å². The number of benzene rings is 1. The number of halogens is 1. The van der Waals surface area contributed by atoms with Crippen molar-refractivity contribution in [3.63, 3.8) is 0 Å². The minimum Gasteiger partial charge on any atom is -0.336 e. The minimum absolute atomic E-state index is 0.0344. The summed E-state index contributed by atoms with van der Waals surface area (Å²) >= 11 is 7.71. The Morgan fingerprint density at radius 2 is 2.04 bits per heavy atom. The number of hydrogen-bond acceptors (Lipinski definition) is 5. The molecule has 0 spiro atoms. The predicted molar refractivity (Wildman–Crippen MR) is 101 cm³/mol. The second-order valence-corrected chi connectivity index (χ2v) is 7.76. The van der Waals surface area contributed by atoms with Gasteiger partial charge in [0.25, 0.3) is 5.91 Å². The van der Waals surface area contributed by atoms with Gasteiger partial charge >= 0.3 is 0 Å². The van der Waals surface area contributed by atoms with E-state index in [1.165, 1.54) is 11.3 Å². The zero-order valence-corrected chi connectivity index (χ0v) is 15.5. The van der Waals surface area contributed by atoms with Crippen molar-refractivity contribution in [1.82, 2.24) is 20.1 Å². The average Bonchev–Trinajstić information content (AvgIpc) is 3.32. The number of likely N-dealkylation sites (tertiary alicyclic amines) is 1. The van der Waals surface area contributed by atoms with Crippen LogP contribution in [-0.2, 0) is 0 Å². The number of carbonyl (C=O) groups is 1. The van der Waals surface area contributed by atoms with E-state index in [1.807, 2.05) is 34.5 Å². The number of nitrogens with zero attached hydrogens (tertiary/aromatic N) is 3. The van der Waals surface area contributed by atoms with Gasteiger partial charge in [-0.05, 0) is 12.5 Å². The predicted octanol–water partition coefficient (Wildman–Crippen LogP) is 2.58. The standard InChI is InChI=1S/C18H21ClN4OS/c19-15-4-2-1-3-14(15)17-21-16(12-25-17)18(24)23-8-5-13(11-23)22-9-6-20-7-10-22/h1-4,12-13,20H,5-11H2. The quantitative estimate of drug-likeness (QED) is 0.894. The van der Waals surface area contributed by atoms with Gasteiger partial charge in [0.05, 0.1) is 5.02 Å². The third kappa shape index (κ3) is 3.58. The summed E-state index contributed by atoms with van der Waals surface area (Å²) in [5.74, 6) is 0.0344. The van der Waals surface area contributed by atoms with Crippen LogP contribution in [0.3, 0.4) is 0 Å². The molecule has 4 rings (SSSR count). The summed E-state index contributed by atoms with van der Waals surface area (Å²) in [6, 6.07) is 8.09. The molecule has 2 aliphatic heterocycles. The van der Waals surface area contributed by atoms with Crippen LogP contribution in [0, 0.1) is 0 Å². The number of amides is 1. The smallest absolute Gasteiger partial charge is 0.273 e. The van der Waals surface area contributed by atoms with Crippen molar-refractivity contribution < 1.29 is 4.79 Å². The molecule has 7 heteroatoms. The Labute approximate surface area is 156 Å². The maximum atomic E-state index is 12.8. The molecule has 2 aromatic rings. The molecule has 0 aliphatic carbocycles. The number of nitrogens with one attached hydrogen (secondary N) is 1. The molecule has 2 aliphatic rings. The van der Waals surface area contributed by atoms with Gasteiger partial charge in [-0.2, -0.15) is 0 Å². The van der Waals surface area contributed by atoms with Crippen molar-refractivity contribution in [2.45, 2.75) is 12.5 Å². The largest absolute Gasteiger partial charge is 0.336 e. The Morgan fingerprint density at radius 1 is 1.24 bits per heavy atom. The Balaban J connectivity index is 1.44. The van der Waals surface area contributed by atoms with Gasteiger partial charge in [-0.3, -0.25) is 9.69 Å². The average molecular weight is 377 g/mol. The first-order valence-corrected chi connectivity index (χ1v) is 9.92. The van der Waals surface area contributed by atoms with Crippen molar-refractivity contribution >= 4 is 28.8 Å². The van der Waals surface area contributed by atoms with E-state index in [9.17, 15) is 4.79 Å². The van der Waals surface area contributed by atoms with Gasteiger partial charge in [0, 0.05) is 56.3 Å². The van der Waals surface area contributed by atoms with Crippen LogP contribution in [0.1, 0.15) is 16.9 Å². The van der Waals surface area contributed by atoms with Crippen LogP contribution in [-0.4, -0.2) is 66.0 Å². The zero-order chi connectivity index (χ0) is 17.2. The van der Waals surface area contributed by atoms with Crippen LogP contribution in [0.25, 0.3) is 10.6 Å². The van der Waals surface area contributed by atoms with E-state index in [2.05, 4.69) is 15.2 Å². The van der Waals surface area contributed by atoms with Gasteiger partial charge in [-0.1, -0.05) is 29.8 Å². The highest BCUT2D eigenvalue weighted by molar-refractivity contribution is 7.13. The molecule has 0 radical (unpaired) electrons. The Bertz CT molecular complexity index is 759. The molecule has 1 atom stereocenters. The fourth-order valence-corrected chi connectivity index (χ4v) is 4.68. The molecule has 5 nitrogen and oxygen atoms in total. The summed E-state index contributed by atoms with van der Waals surface area (Å²) in [5, 5.41) is 6.69. The second-order valence-electron chi connectivity index (χ2n) is 6.50. The maximum Gasteiger partial charge on any atom is 0.273 e. The third-order valence-corrected chi connectivity index (χ3v) is 6.15. The Hall–Kier alpha value is -1.47. The molecule has 2 fully saturated rings. The SMILES string of the molecule is O=C(c1csc(-c2ccccc2Cl)n1)N1CCC(N2CCNCC2)C1. The highest BCUT2D eigenvalue weighted by Crippen LogP contribution is 2.30. The lowest BCUT2D eigenvalue weighted by Gasteiger charge is -2.32. The lowest BCUT2D eigenvalue weighted by Crippen LogP contribution is -2.49. The highest BCUT2D eigenvalue weighted by Gasteiger charge is 2.32. The Morgan fingerprint density at radius 3 is 2.84 bits per heavy atom. The zero-order valence-electron chi connectivity index (χ0n) is 13.9. The molecule has 1 aromatic carbocycles. The summed E-state index contributed by atoms with van der Waals surface area (Å²) in [5.41, 5.74) is 1.41. The fraction of sp³-hybridized carbons (Fsp3) is 0.444. The number of piperazine rings is 1. The first-order chi connectivity index (χ1) is 12.2. The van der Waals surface area contributed by atoms with Crippen molar-refractivity contribution in [2.75, 3.05) is 39.3 Å². The molecule has 3 heterocycles. The number of aromatic nitrogens is 1. The summed E-state index contributed by atoms with van der Waals surface area (Å²) in [7, 11) is 0. The van der Waals surface area contributed by atoms with E-state index < -0.39 is 0 Å². The lowest BCUT2D eigenvalue weighted by atomic mass is 10.2. The van der Waals surface area contributed by atoms with Gasteiger partial charge in [0.15, 0.2) is 0 Å². The summed E-state index contributed by atoms with van der Waals surface area (Å²) < 4.78 is 0. The maximum absolute atomic E-state index is 12.8. The molecule has 0 bridgehead atoms. The van der Waals surface area contributed by atoms with E-state index in [1.54, 1.807) is 0 Å². The molecular formula is C18H21ClN4OS. The van der Waals surface area contributed by atoms with E-state index in [0.717, 1.165) is 56.3 Å². The lowest BCUT2D eigenvalue weighted by molar-refractivity contribution is 0.0768. The van der Waals surface area contributed by atoms with Crippen molar-refractivity contribution in [1.29, 1.82) is 0 Å². The molecule has 1 aromatic heterocycles. The van der Waals surface area contributed by atoms with Crippen molar-refractivity contribution in [2.24, 2.45) is 0 Å². The molecule has 1 unspecified atom stereocenters. The van der Waals surface area contributed by atoms with Gasteiger partial charge in [0.1, 0.15) is 10.7 Å². The van der Waals surface area contributed by atoms with Gasteiger partial charge in [-0.15, -0.1) is 11.3 Å². The van der Waals surface area contributed by atoms with Crippen LogP contribution >= 0.6 is 22.9 Å². The first-order valence-electron chi connectivity index (χ1n) is 8.67. The van der Waals surface area contributed by atoms with Crippen LogP contribution in [0.4, 0.5) is 0 Å². The molecular weight excluding hydrogens is 356 g/mol. The minimum atomic E-state index is 0.0344. The van der Waals surface area contributed by atoms with Gasteiger partial charge in [0.2, 0.25) is 0 Å². The van der Waals surface area contributed by atoms with E-state index in [0.29, 0.717) is 16.8 Å². The first kappa shape index (κ1) is 17.0. The monoisotopic (exact) mass is 376 g/mol. The van der Waals surface area contributed by atoms with E-state index in [-0.39, 0.29) is 5.91 Å². The number of carbonyl (C=O) groups excluding carboxylic acids is 1. The van der Waals surface area contributed by atoms with Crippen LogP contribution in [0.5, 0.6) is 0 Å². The molecule has 132 valence electrons. The number of hydrogen-bond donors (Lipinski definition) is 1. The number of thiazole rings is 1. The number of rotatable bonds is 3. The third-order valence-electron chi connectivity index (χ3n) is 4.95. The topological polar surface area (TPSA) is 48.5 Å². The van der Waals surface area contributed by atoms with Crippen LogP contribution in [0.2, 0.25) is 5.02 Å². The molecule has 25 heavy (non-hydrogen) atoms. The normalized spacial score (nSPS) is 21.6. The van der Waals surface area contributed by atoms with E-state index >= 15 is 0 Å². The fourth-order valence-electron chi connectivity index (χ4n) is 3.56. The summed E-state index contributed by atoms with van der Waals surface area (Å²) in [6.07, 6.45) is 1.05. The summed E-state index contributed by atoms with van der Waals surface area (Å²) in [4.78, 5) is 21.8. The van der Waals surface area contributed by atoms with Gasteiger partial charge < -0.3 is 10.2 Å². The molecule has 1 amide bonds. The van der Waals surface area contributed by atoms with Crippen molar-refractivity contribution in [3.05, 3.63) is 40.4 Å². The highest BCUT2D eigenvalue weighted by atomic mass is 35.5. The second kappa shape index (κ2) is 7.41.